The van der Waals surface area contributed by atoms with Crippen LogP contribution >= 0.6 is 23.2 Å². The van der Waals surface area contributed by atoms with Gasteiger partial charge in [0.15, 0.2) is 5.82 Å². The Kier molecular flexibility index (Phi) is 3.90. The van der Waals surface area contributed by atoms with Crippen LogP contribution in [0.1, 0.15) is 6.92 Å². The predicted molar refractivity (Wildman–Crippen MR) is 84.4 cm³/mol. The van der Waals surface area contributed by atoms with Gasteiger partial charge in [-0.15, -0.1) is 0 Å². The highest BCUT2D eigenvalue weighted by Gasteiger charge is 2.15. The average Bonchev–Trinajstić information content (AvgIpc) is 2.96. The van der Waals surface area contributed by atoms with E-state index < -0.39 is 0 Å². The topological polar surface area (TPSA) is 43.6 Å². The first kappa shape index (κ1) is 14.0. The maximum Gasteiger partial charge on any atom is 0.165 e. The van der Waals surface area contributed by atoms with Crippen molar-refractivity contribution in [2.75, 3.05) is 0 Å². The monoisotopic (exact) mass is 318 g/mol. The first-order chi connectivity index (χ1) is 10.2. The van der Waals surface area contributed by atoms with E-state index in [0.29, 0.717) is 21.7 Å². The normalized spacial score (nSPS) is 10.8. The van der Waals surface area contributed by atoms with Gasteiger partial charge in [0.25, 0.3) is 0 Å². The van der Waals surface area contributed by atoms with Crippen LogP contribution in [0.2, 0.25) is 10.3 Å². The van der Waals surface area contributed by atoms with E-state index in [2.05, 4.69) is 15.1 Å². The quantitative estimate of drug-likeness (QED) is 0.675. The van der Waals surface area contributed by atoms with Crippen molar-refractivity contribution >= 4 is 23.2 Å². The molecule has 0 saturated heterocycles. The number of benzene rings is 1. The molecule has 0 bridgehead atoms. The van der Waals surface area contributed by atoms with Crippen molar-refractivity contribution in [1.29, 1.82) is 0 Å². The van der Waals surface area contributed by atoms with Gasteiger partial charge in [-0.3, -0.25) is 4.68 Å². The van der Waals surface area contributed by atoms with Crippen LogP contribution in [-0.2, 0) is 6.54 Å². The largest absolute Gasteiger partial charge is 0.272 e. The third-order valence-electron chi connectivity index (χ3n) is 3.10. The van der Waals surface area contributed by atoms with E-state index in [9.17, 15) is 0 Å². The van der Waals surface area contributed by atoms with Gasteiger partial charge in [-0.25, -0.2) is 9.97 Å². The summed E-state index contributed by atoms with van der Waals surface area (Å²) in [7, 11) is 0. The molecular weight excluding hydrogens is 307 g/mol. The summed E-state index contributed by atoms with van der Waals surface area (Å²) in [5.74, 6) is 0.476. The fraction of sp³-hybridized carbons (Fsp3) is 0.133. The zero-order chi connectivity index (χ0) is 14.8. The summed E-state index contributed by atoms with van der Waals surface area (Å²) < 4.78 is 1.80. The minimum Gasteiger partial charge on any atom is -0.272 e. The summed E-state index contributed by atoms with van der Waals surface area (Å²) in [6, 6.07) is 9.61. The molecule has 0 spiro atoms. The standard InChI is InChI=1S/C15H12Cl2N4/c1-2-21-9-11(8-18-21)15-19-13(16)12(14(17)20-15)10-6-4-3-5-7-10/h3-9H,2H2,1H3. The lowest BCUT2D eigenvalue weighted by molar-refractivity contribution is 0.660. The number of aryl methyl sites for hydroxylation is 1. The third-order valence-corrected chi connectivity index (χ3v) is 3.65. The Morgan fingerprint density at radius 1 is 1.00 bits per heavy atom. The maximum absolute atomic E-state index is 6.30. The molecule has 0 saturated carbocycles. The first-order valence-electron chi connectivity index (χ1n) is 6.50. The highest BCUT2D eigenvalue weighted by atomic mass is 35.5. The molecule has 0 atom stereocenters. The molecule has 0 aliphatic rings. The highest BCUT2D eigenvalue weighted by Crippen LogP contribution is 2.33. The highest BCUT2D eigenvalue weighted by molar-refractivity contribution is 6.37. The smallest absolute Gasteiger partial charge is 0.165 e. The molecule has 6 heteroatoms. The fourth-order valence-corrected chi connectivity index (χ4v) is 2.64. The molecule has 21 heavy (non-hydrogen) atoms. The van der Waals surface area contributed by atoms with Crippen LogP contribution in [0.15, 0.2) is 42.7 Å². The zero-order valence-electron chi connectivity index (χ0n) is 11.3. The van der Waals surface area contributed by atoms with Crippen LogP contribution in [0, 0.1) is 0 Å². The molecule has 0 fully saturated rings. The van der Waals surface area contributed by atoms with Gasteiger partial charge in [0.1, 0.15) is 10.3 Å². The summed E-state index contributed by atoms with van der Waals surface area (Å²) >= 11 is 12.6. The van der Waals surface area contributed by atoms with Crippen molar-refractivity contribution in [3.63, 3.8) is 0 Å². The van der Waals surface area contributed by atoms with E-state index in [1.54, 1.807) is 10.9 Å². The average molecular weight is 319 g/mol. The van der Waals surface area contributed by atoms with Crippen LogP contribution in [0.5, 0.6) is 0 Å². The predicted octanol–water partition coefficient (Wildman–Crippen LogP) is 4.33. The van der Waals surface area contributed by atoms with E-state index in [-0.39, 0.29) is 0 Å². The molecule has 0 unspecified atom stereocenters. The molecule has 2 heterocycles. The molecule has 3 aromatic rings. The van der Waals surface area contributed by atoms with E-state index in [1.807, 2.05) is 43.5 Å². The van der Waals surface area contributed by atoms with E-state index in [0.717, 1.165) is 17.7 Å². The molecule has 0 amide bonds. The molecule has 106 valence electrons. The van der Waals surface area contributed by atoms with Gasteiger partial charge in [0.05, 0.1) is 17.3 Å². The Morgan fingerprint density at radius 2 is 1.67 bits per heavy atom. The lowest BCUT2D eigenvalue weighted by atomic mass is 10.1. The Labute approximate surface area is 132 Å². The van der Waals surface area contributed by atoms with Gasteiger partial charge in [-0.05, 0) is 12.5 Å². The Morgan fingerprint density at radius 3 is 2.24 bits per heavy atom. The number of halogens is 2. The molecule has 4 nitrogen and oxygen atoms in total. The summed E-state index contributed by atoms with van der Waals surface area (Å²) in [6.07, 6.45) is 3.57. The number of nitrogens with zero attached hydrogens (tertiary/aromatic N) is 4. The molecular formula is C15H12Cl2N4. The first-order valence-corrected chi connectivity index (χ1v) is 7.26. The van der Waals surface area contributed by atoms with Gasteiger partial charge in [0.2, 0.25) is 0 Å². The number of rotatable bonds is 3. The molecule has 0 aliphatic heterocycles. The van der Waals surface area contributed by atoms with Crippen LogP contribution in [0.25, 0.3) is 22.5 Å². The fourth-order valence-electron chi connectivity index (χ4n) is 2.03. The number of hydrogen-bond acceptors (Lipinski definition) is 3. The molecule has 0 aliphatic carbocycles. The molecule has 2 aromatic heterocycles. The Hall–Kier alpha value is -1.91. The minimum atomic E-state index is 0.334. The summed E-state index contributed by atoms with van der Waals surface area (Å²) in [5.41, 5.74) is 2.33. The Bertz CT molecular complexity index is 745. The SMILES string of the molecule is CCn1cc(-c2nc(Cl)c(-c3ccccc3)c(Cl)n2)cn1. The molecule has 0 radical (unpaired) electrons. The molecule has 0 N–H and O–H groups in total. The van der Waals surface area contributed by atoms with Crippen molar-refractivity contribution in [1.82, 2.24) is 19.7 Å². The van der Waals surface area contributed by atoms with E-state index in [4.69, 9.17) is 23.2 Å². The van der Waals surface area contributed by atoms with Crippen molar-refractivity contribution < 1.29 is 0 Å². The van der Waals surface area contributed by atoms with Crippen molar-refractivity contribution in [2.45, 2.75) is 13.5 Å². The van der Waals surface area contributed by atoms with Crippen molar-refractivity contribution in [3.05, 3.63) is 53.0 Å². The summed E-state index contributed by atoms with van der Waals surface area (Å²) in [5, 5.41) is 4.87. The lowest BCUT2D eigenvalue weighted by Crippen LogP contribution is -1.94. The third kappa shape index (κ3) is 2.77. The van der Waals surface area contributed by atoms with Crippen LogP contribution in [-0.4, -0.2) is 19.7 Å². The zero-order valence-corrected chi connectivity index (χ0v) is 12.8. The number of aromatic nitrogens is 4. The maximum atomic E-state index is 6.30. The van der Waals surface area contributed by atoms with Gasteiger partial charge >= 0.3 is 0 Å². The lowest BCUT2D eigenvalue weighted by Gasteiger charge is -2.07. The summed E-state index contributed by atoms with van der Waals surface area (Å²) in [4.78, 5) is 8.69. The molecule has 3 rings (SSSR count). The summed E-state index contributed by atoms with van der Waals surface area (Å²) in [6.45, 7) is 2.79. The van der Waals surface area contributed by atoms with Crippen LogP contribution in [0.4, 0.5) is 0 Å². The van der Waals surface area contributed by atoms with E-state index >= 15 is 0 Å². The molecule has 1 aromatic carbocycles. The van der Waals surface area contributed by atoms with Gasteiger partial charge < -0.3 is 0 Å². The van der Waals surface area contributed by atoms with Crippen LogP contribution < -0.4 is 0 Å². The van der Waals surface area contributed by atoms with Gasteiger partial charge in [0, 0.05) is 12.7 Å². The number of hydrogen-bond donors (Lipinski definition) is 0. The van der Waals surface area contributed by atoms with Crippen molar-refractivity contribution in [3.8, 4) is 22.5 Å². The van der Waals surface area contributed by atoms with E-state index in [1.165, 1.54) is 0 Å². The van der Waals surface area contributed by atoms with Gasteiger partial charge in [-0.1, -0.05) is 53.5 Å². The Balaban J connectivity index is 2.08. The second kappa shape index (κ2) is 5.84. The minimum absolute atomic E-state index is 0.334. The van der Waals surface area contributed by atoms with Crippen molar-refractivity contribution in [2.24, 2.45) is 0 Å². The second-order valence-electron chi connectivity index (χ2n) is 4.45. The van der Waals surface area contributed by atoms with Crippen LogP contribution in [0.3, 0.4) is 0 Å². The van der Waals surface area contributed by atoms with Gasteiger partial charge in [-0.2, -0.15) is 5.10 Å². The second-order valence-corrected chi connectivity index (χ2v) is 5.17.